The molecule has 1 N–H and O–H groups in total. The number of nitrogens with one attached hydrogen (secondary N) is 1. The normalized spacial score (nSPS) is 11.6. The van der Waals surface area contributed by atoms with Gasteiger partial charge in [-0.2, -0.15) is 26.3 Å². The fourth-order valence-electron chi connectivity index (χ4n) is 1.37. The van der Waals surface area contributed by atoms with Gasteiger partial charge in [0.2, 0.25) is 5.91 Å². The first-order valence-electron chi connectivity index (χ1n) is 6.15. The Hall–Kier alpha value is -2.21. The summed E-state index contributed by atoms with van der Waals surface area (Å²) in [6.45, 7) is -2.56. The van der Waals surface area contributed by atoms with Gasteiger partial charge in [-0.3, -0.25) is 4.79 Å². The van der Waals surface area contributed by atoms with E-state index in [1.54, 1.807) is 0 Å². The number of halogens is 6. The van der Waals surface area contributed by atoms with Crippen LogP contribution in [0.2, 0.25) is 0 Å². The van der Waals surface area contributed by atoms with Gasteiger partial charge in [0.05, 0.1) is 12.1 Å². The summed E-state index contributed by atoms with van der Waals surface area (Å²) in [7, 11) is 0. The molecular weight excluding hydrogens is 328 g/mol. The second kappa shape index (κ2) is 7.87. The van der Waals surface area contributed by atoms with Crippen molar-refractivity contribution in [3.05, 3.63) is 35.4 Å². The molecule has 0 bridgehead atoms. The fraction of sp³-hybridized carbons (Fsp3) is 0.357. The van der Waals surface area contributed by atoms with Crippen LogP contribution >= 0.6 is 0 Å². The molecule has 0 fully saturated rings. The minimum Gasteiger partial charge on any atom is -0.362 e. The van der Waals surface area contributed by atoms with E-state index in [1.165, 1.54) is 12.1 Å². The number of carbonyl (C=O) groups excluding carboxylic acids is 1. The molecule has 0 aliphatic rings. The van der Waals surface area contributed by atoms with Crippen LogP contribution in [0.25, 0.3) is 0 Å². The lowest BCUT2D eigenvalue weighted by Crippen LogP contribution is -2.30. The molecule has 23 heavy (non-hydrogen) atoms. The van der Waals surface area contributed by atoms with Crippen LogP contribution < -0.4 is 5.32 Å². The van der Waals surface area contributed by atoms with E-state index in [1.807, 2.05) is 0 Å². The molecule has 0 aliphatic heterocycles. The molecule has 1 aromatic carbocycles. The van der Waals surface area contributed by atoms with Gasteiger partial charge in [-0.25, -0.2) is 0 Å². The molecule has 0 aromatic heterocycles. The first kappa shape index (κ1) is 18.8. The van der Waals surface area contributed by atoms with Crippen LogP contribution in [-0.4, -0.2) is 31.8 Å². The molecular formula is C14H11F6NO2. The standard InChI is InChI=1S/C14H11F6NO2/c15-13(16,17)9-23-8-12(22)21-6-2-4-10-3-1-5-11(7-10)14(18,19)20/h1,3,5,7H,6,8-9H2,(H,21,22). The van der Waals surface area contributed by atoms with Crippen LogP contribution in [0.5, 0.6) is 0 Å². The Morgan fingerprint density at radius 3 is 2.48 bits per heavy atom. The van der Waals surface area contributed by atoms with Gasteiger partial charge >= 0.3 is 12.4 Å². The van der Waals surface area contributed by atoms with Crippen LogP contribution in [0.15, 0.2) is 24.3 Å². The van der Waals surface area contributed by atoms with E-state index in [0.29, 0.717) is 0 Å². The highest BCUT2D eigenvalue weighted by molar-refractivity contribution is 5.77. The Bertz CT molecular complexity index is 598. The van der Waals surface area contributed by atoms with Crippen LogP contribution in [-0.2, 0) is 15.7 Å². The number of rotatable bonds is 4. The average molecular weight is 339 g/mol. The van der Waals surface area contributed by atoms with Gasteiger partial charge < -0.3 is 10.1 Å². The molecule has 1 amide bonds. The molecule has 1 rings (SSSR count). The van der Waals surface area contributed by atoms with Crippen molar-refractivity contribution < 1.29 is 35.9 Å². The Morgan fingerprint density at radius 2 is 1.87 bits per heavy atom. The predicted molar refractivity (Wildman–Crippen MR) is 68.2 cm³/mol. The zero-order valence-electron chi connectivity index (χ0n) is 11.5. The average Bonchev–Trinajstić information content (AvgIpc) is 2.41. The van der Waals surface area contributed by atoms with Gasteiger partial charge in [0.15, 0.2) is 0 Å². The summed E-state index contributed by atoms with van der Waals surface area (Å²) < 4.78 is 76.8. The number of hydrogen-bond donors (Lipinski definition) is 1. The lowest BCUT2D eigenvalue weighted by atomic mass is 10.1. The smallest absolute Gasteiger partial charge is 0.362 e. The SMILES string of the molecule is O=C(COCC(F)(F)F)NCC#Cc1cccc(C(F)(F)F)c1. The largest absolute Gasteiger partial charge is 0.416 e. The van der Waals surface area contributed by atoms with Crippen molar-refractivity contribution in [1.82, 2.24) is 5.32 Å². The summed E-state index contributed by atoms with van der Waals surface area (Å²) in [5.41, 5.74) is -0.753. The predicted octanol–water partition coefficient (Wildman–Crippen LogP) is 2.75. The van der Waals surface area contributed by atoms with E-state index in [2.05, 4.69) is 21.9 Å². The van der Waals surface area contributed by atoms with E-state index in [4.69, 9.17) is 0 Å². The lowest BCUT2D eigenvalue weighted by molar-refractivity contribution is -0.175. The van der Waals surface area contributed by atoms with Crippen molar-refractivity contribution in [3.63, 3.8) is 0 Å². The number of benzene rings is 1. The Morgan fingerprint density at radius 1 is 1.17 bits per heavy atom. The monoisotopic (exact) mass is 339 g/mol. The highest BCUT2D eigenvalue weighted by Gasteiger charge is 2.30. The summed E-state index contributed by atoms with van der Waals surface area (Å²) in [5, 5.41) is 2.16. The molecule has 0 spiro atoms. The summed E-state index contributed by atoms with van der Waals surface area (Å²) in [6, 6.07) is 4.29. The van der Waals surface area contributed by atoms with E-state index >= 15 is 0 Å². The third-order valence-electron chi connectivity index (χ3n) is 2.30. The van der Waals surface area contributed by atoms with E-state index in [9.17, 15) is 31.1 Å². The van der Waals surface area contributed by atoms with Crippen LogP contribution in [0, 0.1) is 11.8 Å². The van der Waals surface area contributed by atoms with Crippen molar-refractivity contribution in [3.8, 4) is 11.8 Å². The van der Waals surface area contributed by atoms with Gasteiger partial charge in [0.1, 0.15) is 13.2 Å². The second-order valence-electron chi connectivity index (χ2n) is 4.27. The van der Waals surface area contributed by atoms with E-state index < -0.39 is 37.0 Å². The molecule has 0 atom stereocenters. The van der Waals surface area contributed by atoms with Crippen molar-refractivity contribution in [2.75, 3.05) is 19.8 Å². The summed E-state index contributed by atoms with van der Waals surface area (Å²) >= 11 is 0. The summed E-state index contributed by atoms with van der Waals surface area (Å²) in [5.74, 6) is 3.99. The third kappa shape index (κ3) is 8.11. The number of carbonyl (C=O) groups is 1. The number of alkyl halides is 6. The van der Waals surface area contributed by atoms with Gasteiger partial charge in [-0.05, 0) is 18.2 Å². The molecule has 0 unspecified atom stereocenters. The molecule has 3 nitrogen and oxygen atoms in total. The van der Waals surface area contributed by atoms with Crippen LogP contribution in [0.4, 0.5) is 26.3 Å². The first-order chi connectivity index (χ1) is 10.6. The quantitative estimate of drug-likeness (QED) is 0.677. The lowest BCUT2D eigenvalue weighted by Gasteiger charge is -2.06. The van der Waals surface area contributed by atoms with Gasteiger partial charge in [-0.15, -0.1) is 0 Å². The summed E-state index contributed by atoms with van der Waals surface area (Å²) in [4.78, 5) is 11.1. The molecule has 9 heteroatoms. The van der Waals surface area contributed by atoms with Crippen molar-refractivity contribution in [2.24, 2.45) is 0 Å². The number of amides is 1. The number of hydrogen-bond acceptors (Lipinski definition) is 2. The fourth-order valence-corrected chi connectivity index (χ4v) is 1.37. The van der Waals surface area contributed by atoms with Crippen LogP contribution in [0.1, 0.15) is 11.1 Å². The van der Waals surface area contributed by atoms with Gasteiger partial charge in [0.25, 0.3) is 0 Å². The molecule has 0 heterocycles. The summed E-state index contributed by atoms with van der Waals surface area (Å²) in [6.07, 6.45) is -9.01. The third-order valence-corrected chi connectivity index (χ3v) is 2.30. The molecule has 0 saturated heterocycles. The van der Waals surface area contributed by atoms with Crippen molar-refractivity contribution in [2.45, 2.75) is 12.4 Å². The molecule has 0 saturated carbocycles. The Kier molecular flexibility index (Phi) is 6.45. The minimum absolute atomic E-state index is 0.0994. The Balaban J connectivity index is 2.42. The van der Waals surface area contributed by atoms with Crippen molar-refractivity contribution >= 4 is 5.91 Å². The molecule has 0 aliphatic carbocycles. The topological polar surface area (TPSA) is 38.3 Å². The Labute approximate surface area is 127 Å². The van der Waals surface area contributed by atoms with Crippen molar-refractivity contribution in [1.29, 1.82) is 0 Å². The molecule has 0 radical (unpaired) electrons. The molecule has 1 aromatic rings. The second-order valence-corrected chi connectivity index (χ2v) is 4.27. The maximum Gasteiger partial charge on any atom is 0.416 e. The maximum atomic E-state index is 12.5. The zero-order chi connectivity index (χ0) is 17.5. The van der Waals surface area contributed by atoms with E-state index in [0.717, 1.165) is 12.1 Å². The highest BCUT2D eigenvalue weighted by atomic mass is 19.4. The van der Waals surface area contributed by atoms with Gasteiger partial charge in [-0.1, -0.05) is 17.9 Å². The number of ether oxygens (including phenoxy) is 1. The van der Waals surface area contributed by atoms with Gasteiger partial charge in [0, 0.05) is 5.56 Å². The maximum absolute atomic E-state index is 12.5. The van der Waals surface area contributed by atoms with Crippen LogP contribution in [0.3, 0.4) is 0 Å². The highest BCUT2D eigenvalue weighted by Crippen LogP contribution is 2.29. The first-order valence-corrected chi connectivity index (χ1v) is 6.15. The minimum atomic E-state index is -4.52. The van der Waals surface area contributed by atoms with E-state index in [-0.39, 0.29) is 12.1 Å². The zero-order valence-corrected chi connectivity index (χ0v) is 11.5. The molecule has 126 valence electrons.